The Morgan fingerprint density at radius 3 is 2.05 bits per heavy atom. The Bertz CT molecular complexity index is 631. The summed E-state index contributed by atoms with van der Waals surface area (Å²) in [5.74, 6) is -6.45. The lowest BCUT2D eigenvalue weighted by molar-refractivity contribution is 0.456. The Kier molecular flexibility index (Phi) is 4.45. The summed E-state index contributed by atoms with van der Waals surface area (Å²) < 4.78 is 66.6. The van der Waals surface area contributed by atoms with Crippen LogP contribution in [0.5, 0.6) is 0 Å². The average Bonchev–Trinajstić information content (AvgIpc) is 2.44. The van der Waals surface area contributed by atoms with Crippen molar-refractivity contribution in [3.05, 3.63) is 65.0 Å². The van der Waals surface area contributed by atoms with Crippen molar-refractivity contribution in [1.82, 2.24) is 0 Å². The van der Waals surface area contributed by atoms with E-state index in [1.54, 1.807) is 6.07 Å². The van der Waals surface area contributed by atoms with Gasteiger partial charge in [0.25, 0.3) is 0 Å². The molecule has 21 heavy (non-hydrogen) atoms. The summed E-state index contributed by atoms with van der Waals surface area (Å²) in [6.07, 6.45) is 0.101. The number of hydrogen-bond acceptors (Lipinski definition) is 1. The highest BCUT2D eigenvalue weighted by Gasteiger charge is 2.20. The molecule has 1 unspecified atom stereocenters. The quantitative estimate of drug-likeness (QED) is 0.651. The maximum atomic E-state index is 13.5. The van der Waals surface area contributed by atoms with E-state index in [4.69, 9.17) is 0 Å². The summed E-state index contributed by atoms with van der Waals surface area (Å²) >= 11 is 0. The Hall–Kier alpha value is -2.11. The van der Waals surface area contributed by atoms with E-state index in [1.807, 2.05) is 0 Å². The van der Waals surface area contributed by atoms with Crippen LogP contribution in [0.4, 0.5) is 27.6 Å². The minimum atomic E-state index is -1.51. The fourth-order valence-corrected chi connectivity index (χ4v) is 1.99. The SMILES string of the molecule is CC(Cc1ccccc1F)Nc1c(F)c(F)cc(F)c1F. The van der Waals surface area contributed by atoms with Gasteiger partial charge in [0.2, 0.25) is 0 Å². The zero-order valence-electron chi connectivity index (χ0n) is 11.1. The number of benzene rings is 2. The first-order valence-corrected chi connectivity index (χ1v) is 6.23. The first-order valence-electron chi connectivity index (χ1n) is 6.23. The van der Waals surface area contributed by atoms with E-state index < -0.39 is 40.8 Å². The molecule has 2 aromatic carbocycles. The lowest BCUT2D eigenvalue weighted by Crippen LogP contribution is -2.21. The molecule has 112 valence electrons. The fraction of sp³-hybridized carbons (Fsp3) is 0.200. The minimum absolute atomic E-state index is 0.101. The highest BCUT2D eigenvalue weighted by Crippen LogP contribution is 2.25. The third-order valence-corrected chi connectivity index (χ3v) is 2.99. The Morgan fingerprint density at radius 1 is 0.905 bits per heavy atom. The molecule has 0 bridgehead atoms. The van der Waals surface area contributed by atoms with Gasteiger partial charge in [0.15, 0.2) is 23.3 Å². The fourth-order valence-electron chi connectivity index (χ4n) is 1.99. The van der Waals surface area contributed by atoms with Gasteiger partial charge in [-0.1, -0.05) is 18.2 Å². The molecule has 1 nitrogen and oxygen atoms in total. The summed E-state index contributed by atoms with van der Waals surface area (Å²) in [5.41, 5.74) is -0.563. The maximum absolute atomic E-state index is 13.5. The number of nitrogens with one attached hydrogen (secondary N) is 1. The number of rotatable bonds is 4. The summed E-state index contributed by atoms with van der Waals surface area (Å²) in [5, 5.41) is 2.34. The second-order valence-electron chi connectivity index (χ2n) is 4.68. The highest BCUT2D eigenvalue weighted by atomic mass is 19.2. The van der Waals surface area contributed by atoms with E-state index in [9.17, 15) is 22.0 Å². The molecule has 1 atom stereocenters. The van der Waals surface area contributed by atoms with Crippen LogP contribution in [0.3, 0.4) is 0 Å². The zero-order chi connectivity index (χ0) is 15.6. The third-order valence-electron chi connectivity index (χ3n) is 2.99. The van der Waals surface area contributed by atoms with Gasteiger partial charge >= 0.3 is 0 Å². The van der Waals surface area contributed by atoms with E-state index in [0.29, 0.717) is 5.56 Å². The van der Waals surface area contributed by atoms with Crippen molar-refractivity contribution in [3.8, 4) is 0 Å². The Morgan fingerprint density at radius 2 is 1.48 bits per heavy atom. The van der Waals surface area contributed by atoms with Crippen LogP contribution >= 0.6 is 0 Å². The molecule has 0 spiro atoms. The van der Waals surface area contributed by atoms with Crippen LogP contribution in [0.2, 0.25) is 0 Å². The molecular formula is C15H12F5N. The molecule has 0 heterocycles. The zero-order valence-corrected chi connectivity index (χ0v) is 11.1. The number of halogens is 5. The normalized spacial score (nSPS) is 12.3. The van der Waals surface area contributed by atoms with Crippen molar-refractivity contribution in [2.24, 2.45) is 0 Å². The Balaban J connectivity index is 2.21. The molecule has 0 aliphatic carbocycles. The lowest BCUT2D eigenvalue weighted by Gasteiger charge is -2.17. The molecule has 0 amide bonds. The van der Waals surface area contributed by atoms with Crippen LogP contribution in [0.1, 0.15) is 12.5 Å². The van der Waals surface area contributed by atoms with Crippen LogP contribution in [-0.2, 0) is 6.42 Å². The van der Waals surface area contributed by atoms with Gasteiger partial charge in [-0.05, 0) is 25.0 Å². The molecule has 0 aliphatic rings. The average molecular weight is 301 g/mol. The van der Waals surface area contributed by atoms with Crippen molar-refractivity contribution in [1.29, 1.82) is 0 Å². The van der Waals surface area contributed by atoms with Crippen molar-refractivity contribution >= 4 is 5.69 Å². The Labute approximate surface area is 118 Å². The summed E-state index contributed by atoms with van der Waals surface area (Å²) in [4.78, 5) is 0. The molecule has 0 aliphatic heterocycles. The largest absolute Gasteiger partial charge is 0.377 e. The topological polar surface area (TPSA) is 12.0 Å². The van der Waals surface area contributed by atoms with Gasteiger partial charge in [-0.15, -0.1) is 0 Å². The van der Waals surface area contributed by atoms with Crippen LogP contribution in [-0.4, -0.2) is 6.04 Å². The second kappa shape index (κ2) is 6.11. The number of hydrogen-bond donors (Lipinski definition) is 1. The predicted molar refractivity (Wildman–Crippen MR) is 69.5 cm³/mol. The van der Waals surface area contributed by atoms with Gasteiger partial charge in [-0.2, -0.15) is 0 Å². The molecular weight excluding hydrogens is 289 g/mol. The van der Waals surface area contributed by atoms with E-state index >= 15 is 0 Å². The van der Waals surface area contributed by atoms with E-state index in [2.05, 4.69) is 5.32 Å². The maximum Gasteiger partial charge on any atom is 0.185 e. The van der Waals surface area contributed by atoms with E-state index in [-0.39, 0.29) is 12.5 Å². The van der Waals surface area contributed by atoms with Gasteiger partial charge in [-0.25, -0.2) is 22.0 Å². The number of anilines is 1. The summed E-state index contributed by atoms with van der Waals surface area (Å²) in [6.45, 7) is 1.52. The van der Waals surface area contributed by atoms with Gasteiger partial charge in [-0.3, -0.25) is 0 Å². The van der Waals surface area contributed by atoms with E-state index in [1.165, 1.54) is 25.1 Å². The van der Waals surface area contributed by atoms with E-state index in [0.717, 1.165) is 0 Å². The molecule has 0 aromatic heterocycles. The molecule has 0 radical (unpaired) electrons. The molecule has 1 N–H and O–H groups in total. The predicted octanol–water partition coefficient (Wildman–Crippen LogP) is 4.43. The first-order chi connectivity index (χ1) is 9.90. The van der Waals surface area contributed by atoms with Crippen LogP contribution in [0, 0.1) is 29.1 Å². The van der Waals surface area contributed by atoms with Crippen molar-refractivity contribution < 1.29 is 22.0 Å². The molecule has 6 heteroatoms. The van der Waals surface area contributed by atoms with Crippen molar-refractivity contribution in [2.75, 3.05) is 5.32 Å². The summed E-state index contributed by atoms with van der Waals surface area (Å²) in [7, 11) is 0. The van der Waals surface area contributed by atoms with Gasteiger partial charge < -0.3 is 5.32 Å². The monoisotopic (exact) mass is 301 g/mol. The van der Waals surface area contributed by atoms with Crippen molar-refractivity contribution in [3.63, 3.8) is 0 Å². The molecule has 2 aromatic rings. The molecule has 0 saturated carbocycles. The lowest BCUT2D eigenvalue weighted by atomic mass is 10.1. The molecule has 2 rings (SSSR count). The van der Waals surface area contributed by atoms with Crippen LogP contribution in [0.15, 0.2) is 30.3 Å². The second-order valence-corrected chi connectivity index (χ2v) is 4.68. The molecule has 0 fully saturated rings. The third kappa shape index (κ3) is 3.32. The van der Waals surface area contributed by atoms with Gasteiger partial charge in [0, 0.05) is 12.1 Å². The van der Waals surface area contributed by atoms with Gasteiger partial charge in [0.1, 0.15) is 11.5 Å². The van der Waals surface area contributed by atoms with Gasteiger partial charge in [0.05, 0.1) is 0 Å². The summed E-state index contributed by atoms with van der Waals surface area (Å²) in [6, 6.07) is 5.41. The smallest absolute Gasteiger partial charge is 0.185 e. The first kappa shape index (κ1) is 15.3. The highest BCUT2D eigenvalue weighted by molar-refractivity contribution is 5.48. The van der Waals surface area contributed by atoms with Crippen LogP contribution < -0.4 is 5.32 Å². The minimum Gasteiger partial charge on any atom is -0.377 e. The molecule has 0 saturated heterocycles. The standard InChI is InChI=1S/C15H12F5N/c1-8(6-9-4-2-3-5-10(9)16)21-15-13(19)11(17)7-12(18)14(15)20/h2-5,7-8,21H,6H2,1H3. The van der Waals surface area contributed by atoms with Crippen LogP contribution in [0.25, 0.3) is 0 Å². The van der Waals surface area contributed by atoms with Crippen molar-refractivity contribution in [2.45, 2.75) is 19.4 Å².